The van der Waals surface area contributed by atoms with E-state index >= 15 is 0 Å². The van der Waals surface area contributed by atoms with Crippen LogP contribution in [0.2, 0.25) is 0 Å². The zero-order chi connectivity index (χ0) is 21.0. The Balaban J connectivity index is 1.72. The molecule has 0 unspecified atom stereocenters. The third-order valence-corrected chi connectivity index (χ3v) is 4.56. The molecule has 0 saturated heterocycles. The first-order valence-corrected chi connectivity index (χ1v) is 9.31. The van der Waals surface area contributed by atoms with E-state index in [1.165, 1.54) is 6.92 Å². The van der Waals surface area contributed by atoms with Gasteiger partial charge in [0.15, 0.2) is 5.78 Å². The van der Waals surface area contributed by atoms with E-state index in [2.05, 4.69) is 10.3 Å². The molecule has 0 fully saturated rings. The van der Waals surface area contributed by atoms with Crippen molar-refractivity contribution in [2.24, 2.45) is 0 Å². The number of aromatic amines is 1. The number of nitrogens with one attached hydrogen (secondary N) is 2. The van der Waals surface area contributed by atoms with Gasteiger partial charge in [-0.1, -0.05) is 25.1 Å². The Morgan fingerprint density at radius 3 is 2.24 bits per heavy atom. The lowest BCUT2D eigenvalue weighted by atomic mass is 10.0. The van der Waals surface area contributed by atoms with Crippen LogP contribution < -0.4 is 10.1 Å². The Hall–Kier alpha value is -3.67. The normalized spacial score (nSPS) is 10.4. The maximum Gasteiger partial charge on any atom is 0.360 e. The monoisotopic (exact) mass is 390 g/mol. The van der Waals surface area contributed by atoms with Gasteiger partial charge < -0.3 is 15.0 Å². The summed E-state index contributed by atoms with van der Waals surface area (Å²) in [5, 5.41) is 2.79. The number of Topliss-reactive ketones (excluding diaryl/α,β-unsaturated/α-hetero) is 1. The second-order valence-electron chi connectivity index (χ2n) is 6.62. The standard InChI is InChI=1S/C23H22N2O4/c1-4-19-20(15(3)26)14(2)24-21(19)23(28)29-18-12-10-17(11-13-18)25-22(27)16-8-6-5-7-9-16/h5-13,24H,4H2,1-3H3,(H,25,27). The van der Waals surface area contributed by atoms with E-state index in [0.717, 1.165) is 0 Å². The third kappa shape index (κ3) is 4.43. The lowest BCUT2D eigenvalue weighted by Crippen LogP contribution is -2.13. The number of ketones is 1. The number of aryl methyl sites for hydroxylation is 1. The number of rotatable bonds is 6. The number of anilines is 1. The Bertz CT molecular complexity index is 1050. The number of carbonyl (C=O) groups excluding carboxylic acids is 3. The molecule has 1 aromatic heterocycles. The minimum Gasteiger partial charge on any atom is -0.422 e. The summed E-state index contributed by atoms with van der Waals surface area (Å²) in [5.74, 6) is -0.528. The summed E-state index contributed by atoms with van der Waals surface area (Å²) in [6.07, 6.45) is 0.536. The Kier molecular flexibility index (Phi) is 5.93. The van der Waals surface area contributed by atoms with Crippen LogP contribution in [0.25, 0.3) is 0 Å². The van der Waals surface area contributed by atoms with Crippen LogP contribution >= 0.6 is 0 Å². The molecule has 0 aliphatic rings. The van der Waals surface area contributed by atoms with Crippen LogP contribution in [0.1, 0.15) is 56.3 Å². The number of aromatic nitrogens is 1. The molecular formula is C23H22N2O4. The fourth-order valence-electron chi connectivity index (χ4n) is 3.24. The first-order valence-electron chi connectivity index (χ1n) is 9.31. The summed E-state index contributed by atoms with van der Waals surface area (Å²) in [4.78, 5) is 39.6. The second-order valence-corrected chi connectivity index (χ2v) is 6.62. The van der Waals surface area contributed by atoms with Gasteiger partial charge in [-0.3, -0.25) is 9.59 Å². The van der Waals surface area contributed by atoms with Crippen molar-refractivity contribution in [1.29, 1.82) is 0 Å². The van der Waals surface area contributed by atoms with E-state index in [9.17, 15) is 14.4 Å². The van der Waals surface area contributed by atoms with Crippen LogP contribution in [0.4, 0.5) is 5.69 Å². The molecule has 2 N–H and O–H groups in total. The molecule has 0 atom stereocenters. The topological polar surface area (TPSA) is 88.3 Å². The van der Waals surface area contributed by atoms with Gasteiger partial charge in [0.2, 0.25) is 0 Å². The summed E-state index contributed by atoms with van der Waals surface area (Å²) < 4.78 is 5.44. The predicted molar refractivity (Wildman–Crippen MR) is 111 cm³/mol. The molecule has 0 aliphatic heterocycles. The zero-order valence-electron chi connectivity index (χ0n) is 16.5. The summed E-state index contributed by atoms with van der Waals surface area (Å²) in [7, 11) is 0. The summed E-state index contributed by atoms with van der Waals surface area (Å²) in [5.41, 5.74) is 3.28. The summed E-state index contributed by atoms with van der Waals surface area (Å²) >= 11 is 0. The molecule has 3 rings (SSSR count). The van der Waals surface area contributed by atoms with Crippen molar-refractivity contribution >= 4 is 23.3 Å². The van der Waals surface area contributed by atoms with Crippen LogP contribution in [0.3, 0.4) is 0 Å². The molecule has 2 aromatic carbocycles. The van der Waals surface area contributed by atoms with Gasteiger partial charge in [-0.2, -0.15) is 0 Å². The van der Waals surface area contributed by atoms with Gasteiger partial charge in [-0.05, 0) is 62.2 Å². The lowest BCUT2D eigenvalue weighted by Gasteiger charge is -2.08. The largest absolute Gasteiger partial charge is 0.422 e. The number of amides is 1. The van der Waals surface area contributed by atoms with E-state index in [1.807, 2.05) is 13.0 Å². The number of carbonyl (C=O) groups is 3. The van der Waals surface area contributed by atoms with Crippen molar-refractivity contribution in [3.05, 3.63) is 82.7 Å². The lowest BCUT2D eigenvalue weighted by molar-refractivity contribution is 0.0727. The second kappa shape index (κ2) is 8.56. The van der Waals surface area contributed by atoms with Crippen LogP contribution in [0, 0.1) is 6.92 Å². The number of benzene rings is 2. The number of H-pyrrole nitrogens is 1. The number of hydrogen-bond donors (Lipinski definition) is 2. The Morgan fingerprint density at radius 2 is 1.66 bits per heavy atom. The molecule has 0 radical (unpaired) electrons. The van der Waals surface area contributed by atoms with Crippen molar-refractivity contribution in [3.8, 4) is 5.75 Å². The molecule has 148 valence electrons. The zero-order valence-corrected chi connectivity index (χ0v) is 16.5. The molecule has 6 nitrogen and oxygen atoms in total. The fraction of sp³-hybridized carbons (Fsp3) is 0.174. The molecule has 3 aromatic rings. The smallest absolute Gasteiger partial charge is 0.360 e. The van der Waals surface area contributed by atoms with Crippen molar-refractivity contribution in [1.82, 2.24) is 4.98 Å². The van der Waals surface area contributed by atoms with E-state index in [1.54, 1.807) is 55.5 Å². The van der Waals surface area contributed by atoms with Gasteiger partial charge in [0.1, 0.15) is 11.4 Å². The van der Waals surface area contributed by atoms with Crippen molar-refractivity contribution in [3.63, 3.8) is 0 Å². The first-order chi connectivity index (χ1) is 13.9. The number of esters is 1. The van der Waals surface area contributed by atoms with E-state index in [0.29, 0.717) is 40.2 Å². The van der Waals surface area contributed by atoms with Crippen molar-refractivity contribution in [2.45, 2.75) is 27.2 Å². The van der Waals surface area contributed by atoms with Crippen molar-refractivity contribution < 1.29 is 19.1 Å². The molecule has 0 spiro atoms. The maximum absolute atomic E-state index is 12.6. The van der Waals surface area contributed by atoms with Gasteiger partial charge in [0.25, 0.3) is 5.91 Å². The molecule has 1 amide bonds. The van der Waals surface area contributed by atoms with Gasteiger partial charge in [-0.25, -0.2) is 4.79 Å². The fourth-order valence-corrected chi connectivity index (χ4v) is 3.24. The molecule has 0 saturated carbocycles. The minimum atomic E-state index is -0.557. The molecule has 29 heavy (non-hydrogen) atoms. The highest BCUT2D eigenvalue weighted by atomic mass is 16.5. The van der Waals surface area contributed by atoms with E-state index < -0.39 is 5.97 Å². The maximum atomic E-state index is 12.6. The summed E-state index contributed by atoms with van der Waals surface area (Å²) in [6.45, 7) is 5.12. The van der Waals surface area contributed by atoms with Crippen LogP contribution in [-0.4, -0.2) is 22.6 Å². The van der Waals surface area contributed by atoms with Crippen LogP contribution in [0.15, 0.2) is 54.6 Å². The summed E-state index contributed by atoms with van der Waals surface area (Å²) in [6, 6.07) is 15.4. The average Bonchev–Trinajstić information content (AvgIpc) is 3.06. The first kappa shape index (κ1) is 20.1. The van der Waals surface area contributed by atoms with Gasteiger partial charge in [0.05, 0.1) is 0 Å². The quantitative estimate of drug-likeness (QED) is 0.367. The highest BCUT2D eigenvalue weighted by molar-refractivity contribution is 6.04. The third-order valence-electron chi connectivity index (χ3n) is 4.56. The Morgan fingerprint density at radius 1 is 1.00 bits per heavy atom. The van der Waals surface area contributed by atoms with Crippen LogP contribution in [0.5, 0.6) is 5.75 Å². The minimum absolute atomic E-state index is 0.0897. The number of ether oxygens (including phenoxy) is 1. The highest BCUT2D eigenvalue weighted by Crippen LogP contribution is 2.23. The van der Waals surface area contributed by atoms with Gasteiger partial charge in [-0.15, -0.1) is 0 Å². The SMILES string of the molecule is CCc1c(C(=O)Oc2ccc(NC(=O)c3ccccc3)cc2)[nH]c(C)c1C(C)=O. The molecule has 1 heterocycles. The van der Waals surface area contributed by atoms with Gasteiger partial charge in [0, 0.05) is 22.5 Å². The molecule has 0 aliphatic carbocycles. The van der Waals surface area contributed by atoms with Gasteiger partial charge >= 0.3 is 5.97 Å². The highest BCUT2D eigenvalue weighted by Gasteiger charge is 2.23. The molecule has 6 heteroatoms. The predicted octanol–water partition coefficient (Wildman–Crippen LogP) is 4.56. The number of hydrogen-bond acceptors (Lipinski definition) is 4. The van der Waals surface area contributed by atoms with Crippen LogP contribution in [-0.2, 0) is 6.42 Å². The van der Waals surface area contributed by atoms with E-state index in [-0.39, 0.29) is 17.4 Å². The van der Waals surface area contributed by atoms with Crippen molar-refractivity contribution in [2.75, 3.05) is 5.32 Å². The molecule has 0 bridgehead atoms. The average molecular weight is 390 g/mol. The Labute approximate surface area is 168 Å². The molecular weight excluding hydrogens is 368 g/mol. The van der Waals surface area contributed by atoms with E-state index in [4.69, 9.17) is 4.74 Å².